The molecule has 0 fully saturated rings. The first-order valence-corrected chi connectivity index (χ1v) is 4.78. The van der Waals surface area contributed by atoms with Crippen molar-refractivity contribution in [1.82, 2.24) is 0 Å². The maximum Gasteiger partial charge on any atom is 0.191 e. The molecule has 0 aliphatic rings. The van der Waals surface area contributed by atoms with Gasteiger partial charge in [-0.25, -0.2) is 0 Å². The topological polar surface area (TPSA) is 52.0 Å². The van der Waals surface area contributed by atoms with Gasteiger partial charge in [0.1, 0.15) is 0 Å². The van der Waals surface area contributed by atoms with Gasteiger partial charge in [0.2, 0.25) is 0 Å². The smallest absolute Gasteiger partial charge is 0.191 e. The predicted octanol–water partition coefficient (Wildman–Crippen LogP) is -0.309. The summed E-state index contributed by atoms with van der Waals surface area (Å²) < 4.78 is 0. The minimum Gasteiger partial charge on any atom is -0.329 e. The Balaban J connectivity index is 0. The second-order valence-electron chi connectivity index (χ2n) is 1.15. The number of hydrogen-bond acceptors (Lipinski definition) is 2. The van der Waals surface area contributed by atoms with Gasteiger partial charge in [-0.15, -0.1) is 11.6 Å². The average molecular weight is 117 g/mol. The van der Waals surface area contributed by atoms with E-state index in [9.17, 15) is 0 Å². The monoisotopic (exact) mass is 117 g/mol. The first kappa shape index (κ1) is 10.4. The van der Waals surface area contributed by atoms with Crippen LogP contribution in [0.15, 0.2) is 0 Å². The Morgan fingerprint density at radius 1 is 1.14 bits per heavy atom. The van der Waals surface area contributed by atoms with Gasteiger partial charge in [0.05, 0.1) is 0 Å². The molecule has 0 aromatic rings. The molecule has 0 aliphatic heterocycles. The van der Waals surface area contributed by atoms with Crippen LogP contribution in [0.3, 0.4) is 0 Å². The van der Waals surface area contributed by atoms with Gasteiger partial charge in [0, 0.05) is 13.1 Å². The molecule has 2 nitrogen and oxygen atoms in total. The molecule has 0 unspecified atom stereocenters. The highest BCUT2D eigenvalue weighted by Gasteiger charge is 1.54. The van der Waals surface area contributed by atoms with Gasteiger partial charge < -0.3 is 11.5 Å². The molecular weight excluding hydrogens is 103 g/mol. The van der Waals surface area contributed by atoms with Crippen LogP contribution < -0.4 is 11.5 Å². The molecule has 43 valence electrons. The second-order valence-corrected chi connectivity index (χ2v) is 2.31. The number of rotatable bonds is 1. The van der Waals surface area contributed by atoms with E-state index in [0.717, 1.165) is 15.2 Å². The molecule has 0 saturated carbocycles. The summed E-state index contributed by atoms with van der Waals surface area (Å²) in [4.78, 5) is 0. The number of hydrogen-bond donors (Lipinski definition) is 2. The Bertz CT molecular complexity index is 17.2. The van der Waals surface area contributed by atoms with Crippen LogP contribution in [-0.2, 0) is 0 Å². The first-order valence-electron chi connectivity index (χ1n) is 2.47. The van der Waals surface area contributed by atoms with Gasteiger partial charge in [-0.05, 0) is 0 Å². The van der Waals surface area contributed by atoms with E-state index in [0.29, 0.717) is 13.1 Å². The van der Waals surface area contributed by atoms with Crippen molar-refractivity contribution in [3.8, 4) is 0 Å². The number of nitrogens with two attached hydrogens (primary N) is 2. The minimum atomic E-state index is 0.597. The Morgan fingerprint density at radius 3 is 1.29 bits per heavy atom. The molecular formula is C4H14AlN2. The van der Waals surface area contributed by atoms with Crippen LogP contribution in [-0.4, -0.2) is 28.3 Å². The molecule has 0 bridgehead atoms. The molecule has 7 heavy (non-hydrogen) atoms. The van der Waals surface area contributed by atoms with Crippen LogP contribution in [0.1, 0.15) is 0 Å². The Kier molecular flexibility index (Phi) is 24.0. The van der Waals surface area contributed by atoms with Gasteiger partial charge in [-0.1, -0.05) is 0 Å². The summed E-state index contributed by atoms with van der Waals surface area (Å²) in [5, 5.41) is 0. The summed E-state index contributed by atoms with van der Waals surface area (Å²) in [5.41, 5.74) is 9.81. The third-order valence-corrected chi connectivity index (χ3v) is 0.167. The Hall–Kier alpha value is 0.452. The van der Waals surface area contributed by atoms with Crippen molar-refractivity contribution in [2.24, 2.45) is 11.5 Å². The lowest BCUT2D eigenvalue weighted by molar-refractivity contribution is 0.976. The summed E-state index contributed by atoms with van der Waals surface area (Å²) in [6, 6.07) is 0. The van der Waals surface area contributed by atoms with Gasteiger partial charge in [0.25, 0.3) is 0 Å². The van der Waals surface area contributed by atoms with Crippen molar-refractivity contribution in [3.63, 3.8) is 0 Å². The van der Waals surface area contributed by atoms with Crippen molar-refractivity contribution in [3.05, 3.63) is 0 Å². The summed E-state index contributed by atoms with van der Waals surface area (Å²) in [6.45, 7) is 1.19. The quantitative estimate of drug-likeness (QED) is 0.463. The zero-order chi connectivity index (χ0) is 6.12. The van der Waals surface area contributed by atoms with Crippen molar-refractivity contribution in [2.45, 2.75) is 11.6 Å². The molecule has 0 rings (SSSR count). The second kappa shape index (κ2) is 16.1. The first-order chi connectivity index (χ1) is 3.33. The van der Waals surface area contributed by atoms with E-state index in [4.69, 9.17) is 11.5 Å². The van der Waals surface area contributed by atoms with Crippen LogP contribution in [0.2, 0.25) is 11.6 Å². The molecule has 4 N–H and O–H groups in total. The van der Waals surface area contributed by atoms with Crippen LogP contribution in [0.4, 0.5) is 0 Å². The summed E-state index contributed by atoms with van der Waals surface area (Å²) >= 11 is 0.750. The molecule has 0 aromatic heterocycles. The fourth-order valence-electron chi connectivity index (χ4n) is 0. The SMILES string of the molecule is NCCN.[CH3][Al][CH3]. The van der Waals surface area contributed by atoms with Crippen LogP contribution in [0.25, 0.3) is 0 Å². The lowest BCUT2D eigenvalue weighted by Crippen LogP contribution is -2.11. The molecule has 3 heteroatoms. The third-order valence-electron chi connectivity index (χ3n) is 0.167. The Labute approximate surface area is 52.0 Å². The van der Waals surface area contributed by atoms with Gasteiger partial charge in [-0.2, -0.15) is 0 Å². The lowest BCUT2D eigenvalue weighted by atomic mass is 10.7. The zero-order valence-electron chi connectivity index (χ0n) is 5.15. The van der Waals surface area contributed by atoms with Gasteiger partial charge in [0.15, 0.2) is 15.2 Å². The highest BCUT2D eigenvalue weighted by Crippen LogP contribution is 1.36. The molecule has 0 amide bonds. The molecule has 0 spiro atoms. The molecule has 0 saturated heterocycles. The molecule has 1 radical (unpaired) electrons. The predicted molar refractivity (Wildman–Crippen MR) is 35.6 cm³/mol. The highest BCUT2D eigenvalue weighted by molar-refractivity contribution is 6.31. The normalized spacial score (nSPS) is 6.29. The van der Waals surface area contributed by atoms with E-state index in [2.05, 4.69) is 11.6 Å². The summed E-state index contributed by atoms with van der Waals surface area (Å²) in [7, 11) is 0. The molecule has 0 aromatic carbocycles. The zero-order valence-corrected chi connectivity index (χ0v) is 6.30. The van der Waals surface area contributed by atoms with Gasteiger partial charge in [-0.3, -0.25) is 0 Å². The maximum atomic E-state index is 4.90. The minimum absolute atomic E-state index is 0.597. The van der Waals surface area contributed by atoms with Crippen LogP contribution in [0.5, 0.6) is 0 Å². The van der Waals surface area contributed by atoms with E-state index in [1.807, 2.05) is 0 Å². The molecule has 0 aliphatic carbocycles. The van der Waals surface area contributed by atoms with Crippen LogP contribution in [0, 0.1) is 0 Å². The molecule has 0 atom stereocenters. The summed E-state index contributed by atoms with van der Waals surface area (Å²) in [5.74, 6) is 4.42. The molecule has 0 heterocycles. The fourth-order valence-corrected chi connectivity index (χ4v) is 0. The largest absolute Gasteiger partial charge is 0.329 e. The maximum absolute atomic E-state index is 4.90. The summed E-state index contributed by atoms with van der Waals surface area (Å²) in [6.07, 6.45) is 0. The Morgan fingerprint density at radius 2 is 1.29 bits per heavy atom. The van der Waals surface area contributed by atoms with Crippen molar-refractivity contribution >= 4 is 15.2 Å². The van der Waals surface area contributed by atoms with Crippen LogP contribution >= 0.6 is 0 Å². The van der Waals surface area contributed by atoms with E-state index >= 15 is 0 Å². The van der Waals surface area contributed by atoms with Gasteiger partial charge >= 0.3 is 0 Å². The fraction of sp³-hybridized carbons (Fsp3) is 1.00. The van der Waals surface area contributed by atoms with Crippen molar-refractivity contribution in [2.75, 3.05) is 13.1 Å². The van der Waals surface area contributed by atoms with E-state index in [1.54, 1.807) is 0 Å². The van der Waals surface area contributed by atoms with E-state index < -0.39 is 0 Å². The third kappa shape index (κ3) is 60.6. The average Bonchev–Trinajstić information content (AvgIpc) is 1.69. The van der Waals surface area contributed by atoms with Crippen molar-refractivity contribution < 1.29 is 0 Å². The lowest BCUT2D eigenvalue weighted by Gasteiger charge is -1.72. The highest BCUT2D eigenvalue weighted by atomic mass is 27.1. The van der Waals surface area contributed by atoms with E-state index in [-0.39, 0.29) is 0 Å². The van der Waals surface area contributed by atoms with Crippen molar-refractivity contribution in [1.29, 1.82) is 0 Å². The standard InChI is InChI=1S/C2H8N2.2CH3.Al/c3-1-2-4;;;/h1-4H2;2*1H3;. The van der Waals surface area contributed by atoms with E-state index in [1.165, 1.54) is 0 Å².